The van der Waals surface area contributed by atoms with Crippen LogP contribution in [-0.4, -0.2) is 41.6 Å². The van der Waals surface area contributed by atoms with Gasteiger partial charge in [0.2, 0.25) is 5.91 Å². The Bertz CT molecular complexity index is 778. The molecule has 138 valence electrons. The summed E-state index contributed by atoms with van der Waals surface area (Å²) >= 11 is 1.42. The first-order valence-electron chi connectivity index (χ1n) is 8.41. The summed E-state index contributed by atoms with van der Waals surface area (Å²) in [6.07, 6.45) is 1.92. The van der Waals surface area contributed by atoms with Gasteiger partial charge in [-0.3, -0.25) is 9.69 Å². The number of aromatic nitrogens is 1. The molecular weight excluding hydrogens is 357 g/mol. The van der Waals surface area contributed by atoms with Crippen molar-refractivity contribution in [2.24, 2.45) is 0 Å². The third kappa shape index (κ3) is 4.19. The smallest absolute Gasteiger partial charge is 0.410 e. The van der Waals surface area contributed by atoms with E-state index in [1.807, 2.05) is 5.38 Å². The first-order chi connectivity index (χ1) is 12.6. The lowest BCUT2D eigenvalue weighted by Crippen LogP contribution is -2.51. The second kappa shape index (κ2) is 8.27. The average Bonchev–Trinajstić information content (AvgIpc) is 3.15. The summed E-state index contributed by atoms with van der Waals surface area (Å²) < 4.78 is 17.8. The summed E-state index contributed by atoms with van der Waals surface area (Å²) in [7, 11) is 1.32. The number of benzene rings is 1. The van der Waals surface area contributed by atoms with E-state index in [4.69, 9.17) is 4.74 Å². The molecule has 6 nitrogen and oxygen atoms in total. The lowest BCUT2D eigenvalue weighted by atomic mass is 10.0. The zero-order valence-electron chi connectivity index (χ0n) is 14.4. The fourth-order valence-electron chi connectivity index (χ4n) is 2.97. The molecule has 26 heavy (non-hydrogen) atoms. The van der Waals surface area contributed by atoms with Crippen molar-refractivity contribution in [1.82, 2.24) is 15.2 Å². The van der Waals surface area contributed by atoms with Gasteiger partial charge in [0.15, 0.2) is 0 Å². The molecule has 3 rings (SSSR count). The Morgan fingerprint density at radius 1 is 1.35 bits per heavy atom. The Morgan fingerprint density at radius 2 is 2.12 bits per heavy atom. The Hall–Kier alpha value is -2.48. The van der Waals surface area contributed by atoms with Gasteiger partial charge in [-0.1, -0.05) is 0 Å². The van der Waals surface area contributed by atoms with Crippen molar-refractivity contribution in [3.8, 4) is 11.3 Å². The molecule has 0 saturated carbocycles. The number of methoxy groups -OCH3 is 1. The van der Waals surface area contributed by atoms with Crippen LogP contribution >= 0.6 is 11.3 Å². The number of rotatable bonds is 4. The number of carbonyl (C=O) groups excluding carboxylic acids is 2. The van der Waals surface area contributed by atoms with Crippen molar-refractivity contribution in [3.05, 3.63) is 40.5 Å². The van der Waals surface area contributed by atoms with E-state index in [2.05, 4.69) is 10.3 Å². The van der Waals surface area contributed by atoms with Gasteiger partial charge in [0.1, 0.15) is 16.9 Å². The summed E-state index contributed by atoms with van der Waals surface area (Å²) in [5, 5.41) is 5.47. The number of thiazole rings is 1. The zero-order valence-corrected chi connectivity index (χ0v) is 15.2. The Kier molecular flexibility index (Phi) is 5.82. The SMILES string of the molecule is COC(=O)N1CCCC[C@@H]1C(=O)NCc1nc(-c2ccc(F)cc2)cs1. The minimum Gasteiger partial charge on any atom is -0.453 e. The van der Waals surface area contributed by atoms with Crippen LogP contribution < -0.4 is 5.32 Å². The minimum absolute atomic E-state index is 0.200. The van der Waals surface area contributed by atoms with Gasteiger partial charge in [-0.05, 0) is 43.5 Å². The highest BCUT2D eigenvalue weighted by Gasteiger charge is 2.32. The second-order valence-corrected chi connectivity index (χ2v) is 6.97. The maximum atomic E-state index is 13.0. The third-order valence-electron chi connectivity index (χ3n) is 4.32. The molecule has 1 N–H and O–H groups in total. The molecule has 8 heteroatoms. The van der Waals surface area contributed by atoms with Crippen LogP contribution in [0.1, 0.15) is 24.3 Å². The number of ether oxygens (including phenoxy) is 1. The number of piperidine rings is 1. The lowest BCUT2D eigenvalue weighted by Gasteiger charge is -2.33. The molecule has 0 radical (unpaired) electrons. The zero-order chi connectivity index (χ0) is 18.5. The van der Waals surface area contributed by atoms with Gasteiger partial charge in [-0.15, -0.1) is 11.3 Å². The highest BCUT2D eigenvalue weighted by Crippen LogP contribution is 2.22. The van der Waals surface area contributed by atoms with E-state index in [0.717, 1.165) is 29.1 Å². The molecule has 2 amide bonds. The Morgan fingerprint density at radius 3 is 2.85 bits per heavy atom. The van der Waals surface area contributed by atoms with Crippen LogP contribution in [0.2, 0.25) is 0 Å². The lowest BCUT2D eigenvalue weighted by molar-refractivity contribution is -0.127. The largest absolute Gasteiger partial charge is 0.453 e. The molecule has 1 aliphatic heterocycles. The van der Waals surface area contributed by atoms with Crippen molar-refractivity contribution in [3.63, 3.8) is 0 Å². The van der Waals surface area contributed by atoms with Crippen molar-refractivity contribution in [2.75, 3.05) is 13.7 Å². The molecule has 0 bridgehead atoms. The fraction of sp³-hybridized carbons (Fsp3) is 0.389. The van der Waals surface area contributed by atoms with E-state index in [0.29, 0.717) is 13.0 Å². The van der Waals surface area contributed by atoms with Gasteiger partial charge in [0, 0.05) is 17.5 Å². The maximum Gasteiger partial charge on any atom is 0.410 e. The van der Waals surface area contributed by atoms with Crippen molar-refractivity contribution in [2.45, 2.75) is 31.8 Å². The first-order valence-corrected chi connectivity index (χ1v) is 9.29. The second-order valence-electron chi connectivity index (χ2n) is 6.03. The van der Waals surface area contributed by atoms with E-state index >= 15 is 0 Å². The van der Waals surface area contributed by atoms with Gasteiger partial charge in [0.05, 0.1) is 19.3 Å². The van der Waals surface area contributed by atoms with Gasteiger partial charge in [0.25, 0.3) is 0 Å². The number of halogens is 1. The van der Waals surface area contributed by atoms with Gasteiger partial charge in [-0.25, -0.2) is 14.2 Å². The maximum absolute atomic E-state index is 13.0. The molecule has 1 saturated heterocycles. The molecule has 0 unspecified atom stereocenters. The third-order valence-corrected chi connectivity index (χ3v) is 5.17. The van der Waals surface area contributed by atoms with E-state index < -0.39 is 12.1 Å². The minimum atomic E-state index is -0.507. The Balaban J connectivity index is 1.60. The molecule has 1 atom stereocenters. The molecule has 2 aromatic rings. The van der Waals surface area contributed by atoms with E-state index in [9.17, 15) is 14.0 Å². The van der Waals surface area contributed by atoms with E-state index in [1.54, 1.807) is 12.1 Å². The predicted molar refractivity (Wildman–Crippen MR) is 96.1 cm³/mol. The summed E-state index contributed by atoms with van der Waals surface area (Å²) in [6, 6.07) is 5.61. The van der Waals surface area contributed by atoms with Crippen LogP contribution in [0.25, 0.3) is 11.3 Å². The van der Waals surface area contributed by atoms with Crippen LogP contribution in [0.4, 0.5) is 9.18 Å². The van der Waals surface area contributed by atoms with E-state index in [1.165, 1.54) is 35.5 Å². The number of carbonyl (C=O) groups is 2. The summed E-state index contributed by atoms with van der Waals surface area (Å²) in [5.74, 6) is -0.493. The fourth-order valence-corrected chi connectivity index (χ4v) is 3.71. The number of nitrogens with one attached hydrogen (secondary N) is 1. The predicted octanol–water partition coefficient (Wildman–Crippen LogP) is 3.19. The number of amides is 2. The first kappa shape index (κ1) is 18.3. The number of hydrogen-bond donors (Lipinski definition) is 1. The number of hydrogen-bond acceptors (Lipinski definition) is 5. The van der Waals surface area contributed by atoms with Crippen molar-refractivity contribution < 1.29 is 18.7 Å². The molecule has 1 fully saturated rings. The quantitative estimate of drug-likeness (QED) is 0.888. The highest BCUT2D eigenvalue weighted by atomic mass is 32.1. The van der Waals surface area contributed by atoms with Crippen LogP contribution in [0.15, 0.2) is 29.6 Å². The van der Waals surface area contributed by atoms with Gasteiger partial charge in [-0.2, -0.15) is 0 Å². The highest BCUT2D eigenvalue weighted by molar-refractivity contribution is 7.09. The molecule has 0 aliphatic carbocycles. The number of nitrogens with zero attached hydrogens (tertiary/aromatic N) is 2. The van der Waals surface area contributed by atoms with E-state index in [-0.39, 0.29) is 18.3 Å². The van der Waals surface area contributed by atoms with Crippen LogP contribution in [-0.2, 0) is 16.1 Å². The summed E-state index contributed by atoms with van der Waals surface area (Å²) in [6.45, 7) is 0.812. The Labute approximate surface area is 155 Å². The summed E-state index contributed by atoms with van der Waals surface area (Å²) in [5.41, 5.74) is 1.57. The number of likely N-dealkylation sites (tertiary alicyclic amines) is 1. The average molecular weight is 377 g/mol. The topological polar surface area (TPSA) is 71.5 Å². The van der Waals surface area contributed by atoms with Crippen molar-refractivity contribution >= 4 is 23.3 Å². The van der Waals surface area contributed by atoms with Crippen LogP contribution in [0, 0.1) is 5.82 Å². The molecule has 1 aliphatic rings. The van der Waals surface area contributed by atoms with Crippen molar-refractivity contribution in [1.29, 1.82) is 0 Å². The normalized spacial score (nSPS) is 17.0. The monoisotopic (exact) mass is 377 g/mol. The van der Waals surface area contributed by atoms with Gasteiger partial charge < -0.3 is 10.1 Å². The molecule has 1 aromatic carbocycles. The van der Waals surface area contributed by atoms with Crippen LogP contribution in [0.3, 0.4) is 0 Å². The van der Waals surface area contributed by atoms with Crippen LogP contribution in [0.5, 0.6) is 0 Å². The molecule has 2 heterocycles. The summed E-state index contributed by atoms with van der Waals surface area (Å²) in [4.78, 5) is 30.3. The molecule has 0 spiro atoms. The standard InChI is InChI=1S/C18H20FN3O3S/c1-25-18(24)22-9-3-2-4-15(22)17(23)20-10-16-21-14(11-26-16)12-5-7-13(19)8-6-12/h5-8,11,15H,2-4,9-10H2,1H3,(H,20,23)/t15-/m1/s1. The van der Waals surface area contributed by atoms with Gasteiger partial charge >= 0.3 is 6.09 Å². The molecule has 1 aromatic heterocycles. The molecular formula is C18H20FN3O3S.